The third-order valence-corrected chi connectivity index (χ3v) is 3.88. The number of likely N-dealkylation sites (N-methyl/N-ethyl adjacent to an activating group) is 1. The van der Waals surface area contributed by atoms with E-state index < -0.39 is 5.54 Å². The highest BCUT2D eigenvalue weighted by molar-refractivity contribution is 4.99. The Hall–Kier alpha value is -0.980. The Labute approximate surface area is 121 Å². The molecule has 6 heteroatoms. The zero-order chi connectivity index (χ0) is 14.8. The molecule has 0 aliphatic carbocycles. The minimum Gasteiger partial charge on any atom is -0.338 e. The molecule has 0 bridgehead atoms. The van der Waals surface area contributed by atoms with Crippen molar-refractivity contribution < 1.29 is 4.52 Å². The van der Waals surface area contributed by atoms with E-state index in [0.717, 1.165) is 32.6 Å². The Kier molecular flexibility index (Phi) is 4.78. The minimum absolute atomic E-state index is 0.545. The van der Waals surface area contributed by atoms with Crippen LogP contribution in [0.4, 0.5) is 0 Å². The van der Waals surface area contributed by atoms with Crippen molar-refractivity contribution in [2.45, 2.75) is 51.7 Å². The third kappa shape index (κ3) is 3.77. The molecule has 1 atom stereocenters. The fourth-order valence-electron chi connectivity index (χ4n) is 2.64. The van der Waals surface area contributed by atoms with Crippen LogP contribution in [0.25, 0.3) is 0 Å². The zero-order valence-corrected chi connectivity index (χ0v) is 13.1. The summed E-state index contributed by atoms with van der Waals surface area (Å²) in [5, 5.41) is 3.99. The van der Waals surface area contributed by atoms with Crippen molar-refractivity contribution in [3.8, 4) is 0 Å². The van der Waals surface area contributed by atoms with Crippen molar-refractivity contribution >= 4 is 0 Å². The maximum Gasteiger partial charge on any atom is 0.240 e. The minimum atomic E-state index is -0.551. The Morgan fingerprint density at radius 2 is 2.15 bits per heavy atom. The van der Waals surface area contributed by atoms with E-state index >= 15 is 0 Å². The van der Waals surface area contributed by atoms with Gasteiger partial charge in [0.2, 0.25) is 5.89 Å². The summed E-state index contributed by atoms with van der Waals surface area (Å²) in [7, 11) is 2.19. The Morgan fingerprint density at radius 1 is 1.40 bits per heavy atom. The van der Waals surface area contributed by atoms with Gasteiger partial charge in [-0.1, -0.05) is 12.1 Å². The first-order chi connectivity index (χ1) is 9.40. The highest BCUT2D eigenvalue weighted by atomic mass is 16.5. The Bertz CT molecular complexity index is 425. The van der Waals surface area contributed by atoms with Gasteiger partial charge in [-0.15, -0.1) is 0 Å². The number of nitrogens with two attached hydrogens (primary N) is 1. The molecule has 1 aromatic heterocycles. The molecule has 0 saturated carbocycles. The largest absolute Gasteiger partial charge is 0.338 e. The topological polar surface area (TPSA) is 71.4 Å². The molecule has 0 radical (unpaired) electrons. The fraction of sp³-hybridized carbons (Fsp3) is 0.857. The first kappa shape index (κ1) is 15.4. The quantitative estimate of drug-likeness (QED) is 0.893. The van der Waals surface area contributed by atoms with Gasteiger partial charge in [0, 0.05) is 19.1 Å². The summed E-state index contributed by atoms with van der Waals surface area (Å²) in [6.07, 6.45) is 2.31. The van der Waals surface area contributed by atoms with Crippen molar-refractivity contribution in [2.24, 2.45) is 5.73 Å². The van der Waals surface area contributed by atoms with Gasteiger partial charge in [0.15, 0.2) is 5.82 Å². The molecule has 2 N–H and O–H groups in total. The molecule has 1 fully saturated rings. The standard InChI is InChI=1S/C14H27N5O/c1-5-11-9-18(4)7-6-8-19(11)10-12-16-13(17-20-12)14(2,3)15/h11H,5-10,15H2,1-4H3. The molecule has 1 saturated heterocycles. The SMILES string of the molecule is CCC1CN(C)CCCN1Cc1nc(C(C)(C)N)no1. The molecule has 2 heterocycles. The van der Waals surface area contributed by atoms with Gasteiger partial charge in [0.05, 0.1) is 12.1 Å². The van der Waals surface area contributed by atoms with E-state index in [2.05, 4.69) is 33.9 Å². The number of aromatic nitrogens is 2. The Balaban J connectivity index is 2.05. The zero-order valence-electron chi connectivity index (χ0n) is 13.1. The average Bonchev–Trinajstić information content (AvgIpc) is 2.76. The van der Waals surface area contributed by atoms with Gasteiger partial charge in [-0.25, -0.2) is 0 Å². The van der Waals surface area contributed by atoms with Gasteiger partial charge in [-0.3, -0.25) is 4.90 Å². The normalized spacial score (nSPS) is 22.9. The summed E-state index contributed by atoms with van der Waals surface area (Å²) in [4.78, 5) is 9.28. The lowest BCUT2D eigenvalue weighted by Gasteiger charge is -2.28. The van der Waals surface area contributed by atoms with Gasteiger partial charge in [0.25, 0.3) is 0 Å². The van der Waals surface area contributed by atoms with Crippen molar-refractivity contribution in [3.05, 3.63) is 11.7 Å². The van der Waals surface area contributed by atoms with Crippen molar-refractivity contribution in [3.63, 3.8) is 0 Å². The first-order valence-electron chi connectivity index (χ1n) is 7.44. The summed E-state index contributed by atoms with van der Waals surface area (Å²) < 4.78 is 5.36. The van der Waals surface area contributed by atoms with Crippen LogP contribution in [0.2, 0.25) is 0 Å². The van der Waals surface area contributed by atoms with E-state index in [4.69, 9.17) is 10.3 Å². The van der Waals surface area contributed by atoms with Gasteiger partial charge < -0.3 is 15.2 Å². The summed E-state index contributed by atoms with van der Waals surface area (Å²) in [5.41, 5.74) is 5.44. The fourth-order valence-corrected chi connectivity index (χ4v) is 2.64. The van der Waals surface area contributed by atoms with E-state index in [9.17, 15) is 0 Å². The van der Waals surface area contributed by atoms with Crippen LogP contribution < -0.4 is 5.73 Å². The number of nitrogens with zero attached hydrogens (tertiary/aromatic N) is 4. The van der Waals surface area contributed by atoms with Crippen LogP contribution in [0.15, 0.2) is 4.52 Å². The van der Waals surface area contributed by atoms with Crippen LogP contribution in [0.5, 0.6) is 0 Å². The molecule has 0 aromatic carbocycles. The van der Waals surface area contributed by atoms with Gasteiger partial charge >= 0.3 is 0 Å². The van der Waals surface area contributed by atoms with E-state index in [-0.39, 0.29) is 0 Å². The predicted octanol–water partition coefficient (Wildman–Crippen LogP) is 1.18. The summed E-state index contributed by atoms with van der Waals surface area (Å²) >= 11 is 0. The molecule has 6 nitrogen and oxygen atoms in total. The molecule has 0 amide bonds. The summed E-state index contributed by atoms with van der Waals surface area (Å²) in [6.45, 7) is 10.0. The molecule has 1 aliphatic heterocycles. The maximum atomic E-state index is 5.99. The highest BCUT2D eigenvalue weighted by Crippen LogP contribution is 2.17. The van der Waals surface area contributed by atoms with Crippen LogP contribution >= 0.6 is 0 Å². The lowest BCUT2D eigenvalue weighted by molar-refractivity contribution is 0.156. The second kappa shape index (κ2) is 6.20. The van der Waals surface area contributed by atoms with E-state index in [1.165, 1.54) is 6.42 Å². The molecule has 1 aliphatic rings. The first-order valence-corrected chi connectivity index (χ1v) is 7.44. The number of hydrogen-bond acceptors (Lipinski definition) is 6. The molecular formula is C14H27N5O. The van der Waals surface area contributed by atoms with E-state index in [0.29, 0.717) is 17.8 Å². The molecular weight excluding hydrogens is 254 g/mol. The highest BCUT2D eigenvalue weighted by Gasteiger charge is 2.26. The molecule has 114 valence electrons. The molecule has 0 spiro atoms. The molecule has 2 rings (SSSR count). The van der Waals surface area contributed by atoms with Crippen LogP contribution in [0, 0.1) is 0 Å². The lowest BCUT2D eigenvalue weighted by atomic mass is 10.1. The molecule has 20 heavy (non-hydrogen) atoms. The molecule has 1 aromatic rings. The van der Waals surface area contributed by atoms with E-state index in [1.807, 2.05) is 13.8 Å². The van der Waals surface area contributed by atoms with Crippen LogP contribution in [0.3, 0.4) is 0 Å². The Morgan fingerprint density at radius 3 is 2.75 bits per heavy atom. The van der Waals surface area contributed by atoms with Gasteiger partial charge in [-0.05, 0) is 40.3 Å². The van der Waals surface area contributed by atoms with Crippen LogP contribution in [0.1, 0.15) is 45.3 Å². The van der Waals surface area contributed by atoms with Crippen molar-refractivity contribution in [2.75, 3.05) is 26.7 Å². The third-order valence-electron chi connectivity index (χ3n) is 3.88. The number of hydrogen-bond donors (Lipinski definition) is 1. The second-order valence-electron chi connectivity index (χ2n) is 6.38. The van der Waals surface area contributed by atoms with Crippen LogP contribution in [-0.2, 0) is 12.1 Å². The molecule has 1 unspecified atom stereocenters. The summed E-state index contributed by atoms with van der Waals surface area (Å²) in [6, 6.07) is 0.545. The van der Waals surface area contributed by atoms with Gasteiger partial charge in [-0.2, -0.15) is 4.98 Å². The van der Waals surface area contributed by atoms with Crippen molar-refractivity contribution in [1.29, 1.82) is 0 Å². The smallest absolute Gasteiger partial charge is 0.240 e. The average molecular weight is 281 g/mol. The van der Waals surface area contributed by atoms with Gasteiger partial charge in [0.1, 0.15) is 0 Å². The van der Waals surface area contributed by atoms with Crippen LogP contribution in [-0.4, -0.2) is 52.7 Å². The maximum absolute atomic E-state index is 5.99. The van der Waals surface area contributed by atoms with E-state index in [1.54, 1.807) is 0 Å². The monoisotopic (exact) mass is 281 g/mol. The second-order valence-corrected chi connectivity index (χ2v) is 6.38. The predicted molar refractivity (Wildman–Crippen MR) is 78.1 cm³/mol. The number of rotatable bonds is 4. The lowest BCUT2D eigenvalue weighted by Crippen LogP contribution is -2.39. The summed E-state index contributed by atoms with van der Waals surface area (Å²) in [5.74, 6) is 1.24. The van der Waals surface area contributed by atoms with Crippen molar-refractivity contribution in [1.82, 2.24) is 19.9 Å².